The molecule has 0 saturated carbocycles. The van der Waals surface area contributed by atoms with Gasteiger partial charge in [-0.15, -0.1) is 0 Å². The quantitative estimate of drug-likeness (QED) is 0.658. The first-order chi connectivity index (χ1) is 9.92. The van der Waals surface area contributed by atoms with Crippen molar-refractivity contribution in [1.29, 1.82) is 0 Å². The summed E-state index contributed by atoms with van der Waals surface area (Å²) in [7, 11) is 0. The molecule has 1 aromatic carbocycles. The predicted molar refractivity (Wildman–Crippen MR) is 87.9 cm³/mol. The molecule has 0 saturated heterocycles. The third-order valence-corrected chi connectivity index (χ3v) is 4.54. The monoisotopic (exact) mass is 306 g/mol. The summed E-state index contributed by atoms with van der Waals surface area (Å²) in [4.78, 5) is 17.2. The van der Waals surface area contributed by atoms with Gasteiger partial charge in [0, 0.05) is 12.3 Å². The van der Waals surface area contributed by atoms with E-state index in [1.165, 1.54) is 11.8 Å². The van der Waals surface area contributed by atoms with Gasteiger partial charge >= 0.3 is 0 Å². The van der Waals surface area contributed by atoms with Crippen LogP contribution in [0.5, 0.6) is 0 Å². The fourth-order valence-corrected chi connectivity index (χ4v) is 2.99. The van der Waals surface area contributed by atoms with Crippen LogP contribution in [0.2, 0.25) is 0 Å². The second-order valence-electron chi connectivity index (χ2n) is 5.82. The van der Waals surface area contributed by atoms with Crippen molar-refractivity contribution in [3.8, 4) is 0 Å². The molecule has 1 N–H and O–H groups in total. The molecular weight excluding hydrogens is 284 g/mol. The maximum atomic E-state index is 12.6. The lowest BCUT2D eigenvalue weighted by Crippen LogP contribution is -2.26. The van der Waals surface area contributed by atoms with Gasteiger partial charge in [-0.2, -0.15) is 0 Å². The van der Waals surface area contributed by atoms with E-state index in [4.69, 9.17) is 0 Å². The summed E-state index contributed by atoms with van der Waals surface area (Å²) in [6.07, 6.45) is 1.96. The highest BCUT2D eigenvalue weighted by Gasteiger charge is 2.17. The Morgan fingerprint density at radius 2 is 2.05 bits per heavy atom. The number of para-hydroxylation sites is 1. The lowest BCUT2D eigenvalue weighted by molar-refractivity contribution is 0.107. The number of aromatic nitrogens is 2. The van der Waals surface area contributed by atoms with Gasteiger partial charge in [-0.05, 0) is 32.4 Å². The first kappa shape index (κ1) is 16.0. The largest absolute Gasteiger partial charge is 0.390 e. The minimum absolute atomic E-state index is 0.00676. The van der Waals surface area contributed by atoms with Crippen LogP contribution in [0, 0.1) is 0 Å². The highest BCUT2D eigenvalue weighted by Crippen LogP contribution is 2.22. The third kappa shape index (κ3) is 4.08. The van der Waals surface area contributed by atoms with Gasteiger partial charge in [0.1, 0.15) is 0 Å². The molecule has 2 aromatic rings. The molecule has 0 unspecified atom stereocenters. The summed E-state index contributed by atoms with van der Waals surface area (Å²) in [5, 5.41) is 11.2. The standard InChI is InChI=1S/C16H22N2O2S/c1-4-5-10-18-14(19)12-8-6-7-9-13(12)17-15(18)21-11-16(2,3)20/h6-9,20H,4-5,10-11H2,1-3H3. The Kier molecular flexibility index (Phi) is 5.06. The second-order valence-corrected chi connectivity index (χ2v) is 6.77. The van der Waals surface area contributed by atoms with Crippen LogP contribution >= 0.6 is 11.8 Å². The molecule has 0 radical (unpaired) electrons. The van der Waals surface area contributed by atoms with E-state index in [9.17, 15) is 9.90 Å². The predicted octanol–water partition coefficient (Wildman–Crippen LogP) is 3.06. The Labute approximate surface area is 129 Å². The molecule has 5 heteroatoms. The molecule has 1 aromatic heterocycles. The van der Waals surface area contributed by atoms with Crippen LogP contribution in [0.15, 0.2) is 34.2 Å². The molecule has 0 aliphatic rings. The van der Waals surface area contributed by atoms with E-state index in [2.05, 4.69) is 11.9 Å². The van der Waals surface area contributed by atoms with Crippen LogP contribution < -0.4 is 5.56 Å². The van der Waals surface area contributed by atoms with Gasteiger partial charge in [-0.3, -0.25) is 9.36 Å². The number of nitrogens with zero attached hydrogens (tertiary/aromatic N) is 2. The van der Waals surface area contributed by atoms with Gasteiger partial charge in [0.25, 0.3) is 5.56 Å². The second kappa shape index (κ2) is 6.62. The van der Waals surface area contributed by atoms with E-state index in [1.54, 1.807) is 18.4 Å². The molecule has 2 rings (SSSR count). The van der Waals surface area contributed by atoms with Gasteiger partial charge in [-0.25, -0.2) is 4.98 Å². The molecule has 0 atom stereocenters. The summed E-state index contributed by atoms with van der Waals surface area (Å²) < 4.78 is 1.74. The molecular formula is C16H22N2O2S. The lowest BCUT2D eigenvalue weighted by Gasteiger charge is -2.18. The van der Waals surface area contributed by atoms with Gasteiger partial charge in [0.15, 0.2) is 5.16 Å². The number of unbranched alkanes of at least 4 members (excludes halogenated alkanes) is 1. The maximum absolute atomic E-state index is 12.6. The molecule has 0 bridgehead atoms. The van der Waals surface area contributed by atoms with Crippen LogP contribution in [0.25, 0.3) is 10.9 Å². The third-order valence-electron chi connectivity index (χ3n) is 3.12. The Morgan fingerprint density at radius 1 is 1.33 bits per heavy atom. The van der Waals surface area contributed by atoms with Crippen molar-refractivity contribution >= 4 is 22.7 Å². The fourth-order valence-electron chi connectivity index (χ4n) is 2.01. The lowest BCUT2D eigenvalue weighted by atomic mass is 10.2. The molecule has 1 heterocycles. The molecule has 0 fully saturated rings. The number of hydrogen-bond acceptors (Lipinski definition) is 4. The summed E-state index contributed by atoms with van der Waals surface area (Å²) >= 11 is 1.44. The van der Waals surface area contributed by atoms with Crippen LogP contribution in [0.4, 0.5) is 0 Å². The van der Waals surface area contributed by atoms with E-state index in [-0.39, 0.29) is 5.56 Å². The van der Waals surface area contributed by atoms with Crippen LogP contribution in [-0.4, -0.2) is 26.0 Å². The molecule has 4 nitrogen and oxygen atoms in total. The maximum Gasteiger partial charge on any atom is 0.262 e. The van der Waals surface area contributed by atoms with Crippen molar-refractivity contribution in [3.05, 3.63) is 34.6 Å². The number of thioether (sulfide) groups is 1. The zero-order valence-corrected chi connectivity index (χ0v) is 13.6. The minimum Gasteiger partial charge on any atom is -0.390 e. The number of hydrogen-bond donors (Lipinski definition) is 1. The zero-order valence-electron chi connectivity index (χ0n) is 12.8. The van der Waals surface area contributed by atoms with E-state index >= 15 is 0 Å². The van der Waals surface area contributed by atoms with Gasteiger partial charge in [0.2, 0.25) is 0 Å². The van der Waals surface area contributed by atoms with Crippen molar-refractivity contribution in [2.24, 2.45) is 0 Å². The van der Waals surface area contributed by atoms with E-state index in [0.29, 0.717) is 28.4 Å². The summed E-state index contributed by atoms with van der Waals surface area (Å²) in [6, 6.07) is 7.42. The minimum atomic E-state index is -0.788. The first-order valence-electron chi connectivity index (χ1n) is 7.27. The molecule has 0 amide bonds. The van der Waals surface area contributed by atoms with E-state index in [1.807, 2.05) is 24.3 Å². The molecule has 21 heavy (non-hydrogen) atoms. The SMILES string of the molecule is CCCCn1c(SCC(C)(C)O)nc2ccccc2c1=O. The van der Waals surface area contributed by atoms with Crippen molar-refractivity contribution in [2.45, 2.75) is 50.9 Å². The van der Waals surface area contributed by atoms with Gasteiger partial charge in [0.05, 0.1) is 16.5 Å². The van der Waals surface area contributed by atoms with E-state index < -0.39 is 5.60 Å². The topological polar surface area (TPSA) is 55.1 Å². The Balaban J connectivity index is 2.47. The van der Waals surface area contributed by atoms with Crippen LogP contribution in [0.3, 0.4) is 0 Å². The first-order valence-corrected chi connectivity index (χ1v) is 8.25. The number of benzene rings is 1. The van der Waals surface area contributed by atoms with Crippen molar-refractivity contribution in [1.82, 2.24) is 9.55 Å². The summed E-state index contributed by atoms with van der Waals surface area (Å²) in [5.74, 6) is 0.504. The van der Waals surface area contributed by atoms with Crippen molar-refractivity contribution in [2.75, 3.05) is 5.75 Å². The highest BCUT2D eigenvalue weighted by atomic mass is 32.2. The number of rotatable bonds is 6. The van der Waals surface area contributed by atoms with Crippen LogP contribution in [-0.2, 0) is 6.54 Å². The van der Waals surface area contributed by atoms with Gasteiger partial charge < -0.3 is 5.11 Å². The smallest absolute Gasteiger partial charge is 0.262 e. The van der Waals surface area contributed by atoms with Crippen LogP contribution in [0.1, 0.15) is 33.6 Å². The average molecular weight is 306 g/mol. The van der Waals surface area contributed by atoms with Crippen molar-refractivity contribution in [3.63, 3.8) is 0 Å². The Hall–Kier alpha value is -1.33. The zero-order chi connectivity index (χ0) is 15.5. The molecule has 0 spiro atoms. The highest BCUT2D eigenvalue weighted by molar-refractivity contribution is 7.99. The van der Waals surface area contributed by atoms with Crippen molar-refractivity contribution < 1.29 is 5.11 Å². The molecule has 0 aliphatic heterocycles. The average Bonchev–Trinajstić information content (AvgIpc) is 2.43. The Morgan fingerprint density at radius 3 is 2.71 bits per heavy atom. The van der Waals surface area contributed by atoms with E-state index in [0.717, 1.165) is 12.8 Å². The van der Waals surface area contributed by atoms with Gasteiger partial charge in [-0.1, -0.05) is 37.2 Å². The fraction of sp³-hybridized carbons (Fsp3) is 0.500. The Bertz CT molecular complexity index is 674. The molecule has 0 aliphatic carbocycles. The number of fused-ring (bicyclic) bond motifs is 1. The normalized spacial score (nSPS) is 12.0. The number of aliphatic hydroxyl groups is 1. The molecule has 114 valence electrons. The summed E-state index contributed by atoms with van der Waals surface area (Å²) in [5.41, 5.74) is -0.0651. The summed E-state index contributed by atoms with van der Waals surface area (Å²) in [6.45, 7) is 6.29.